The number of hydrogen-bond donors (Lipinski definition) is 1. The fourth-order valence-corrected chi connectivity index (χ4v) is 3.22. The SMILES string of the molecule is COC1(C(=O)N(C)CCc2cccs2)CCNCC1.Cl. The Morgan fingerprint density at radius 2 is 2.20 bits per heavy atom. The van der Waals surface area contributed by atoms with E-state index in [4.69, 9.17) is 4.74 Å². The second-order valence-corrected chi connectivity index (χ2v) is 6.04. The Kier molecular flexibility index (Phi) is 6.95. The van der Waals surface area contributed by atoms with E-state index in [1.807, 2.05) is 18.0 Å². The van der Waals surface area contributed by atoms with E-state index < -0.39 is 5.60 Å². The zero-order chi connectivity index (χ0) is 13.7. The number of piperidine rings is 1. The van der Waals surface area contributed by atoms with Crippen LogP contribution in [0.5, 0.6) is 0 Å². The molecule has 1 aliphatic heterocycles. The molecule has 1 aliphatic rings. The van der Waals surface area contributed by atoms with Gasteiger partial charge in [-0.2, -0.15) is 0 Å². The third kappa shape index (κ3) is 3.95. The first-order valence-electron chi connectivity index (χ1n) is 6.72. The van der Waals surface area contributed by atoms with Crippen LogP contribution >= 0.6 is 23.7 Å². The van der Waals surface area contributed by atoms with E-state index in [9.17, 15) is 4.79 Å². The van der Waals surface area contributed by atoms with Gasteiger partial charge in [-0.15, -0.1) is 23.7 Å². The van der Waals surface area contributed by atoms with Gasteiger partial charge in [-0.3, -0.25) is 4.79 Å². The molecule has 1 N–H and O–H groups in total. The molecule has 6 heteroatoms. The normalized spacial score (nSPS) is 17.3. The summed E-state index contributed by atoms with van der Waals surface area (Å²) in [7, 11) is 3.52. The number of carbonyl (C=O) groups is 1. The fraction of sp³-hybridized carbons (Fsp3) is 0.643. The van der Waals surface area contributed by atoms with Crippen LogP contribution in [0.25, 0.3) is 0 Å². The molecule has 0 atom stereocenters. The highest BCUT2D eigenvalue weighted by Crippen LogP contribution is 2.25. The van der Waals surface area contributed by atoms with E-state index in [2.05, 4.69) is 16.8 Å². The quantitative estimate of drug-likeness (QED) is 0.902. The average Bonchev–Trinajstić information content (AvgIpc) is 2.98. The van der Waals surface area contributed by atoms with Gasteiger partial charge in [-0.05, 0) is 43.8 Å². The molecule has 1 aromatic heterocycles. The van der Waals surface area contributed by atoms with Gasteiger partial charge in [0.05, 0.1) is 0 Å². The molecule has 0 saturated carbocycles. The van der Waals surface area contributed by atoms with Gasteiger partial charge < -0.3 is 15.0 Å². The van der Waals surface area contributed by atoms with Crippen molar-refractivity contribution in [3.05, 3.63) is 22.4 Å². The lowest BCUT2D eigenvalue weighted by Gasteiger charge is -2.37. The number of carbonyl (C=O) groups excluding carboxylic acids is 1. The molecule has 2 rings (SSSR count). The van der Waals surface area contributed by atoms with E-state index in [0.717, 1.165) is 38.9 Å². The molecule has 114 valence electrons. The summed E-state index contributed by atoms with van der Waals surface area (Å²) in [6.45, 7) is 2.44. The number of halogens is 1. The van der Waals surface area contributed by atoms with Crippen molar-refractivity contribution in [2.45, 2.75) is 24.9 Å². The summed E-state index contributed by atoms with van der Waals surface area (Å²) in [5.74, 6) is 0.119. The first kappa shape index (κ1) is 17.4. The van der Waals surface area contributed by atoms with Gasteiger partial charge in [-0.25, -0.2) is 0 Å². The van der Waals surface area contributed by atoms with Crippen LogP contribution < -0.4 is 5.32 Å². The second-order valence-electron chi connectivity index (χ2n) is 5.00. The Hall–Kier alpha value is -0.620. The molecule has 0 spiro atoms. The molecule has 1 amide bonds. The van der Waals surface area contributed by atoms with Gasteiger partial charge in [0.2, 0.25) is 0 Å². The topological polar surface area (TPSA) is 41.6 Å². The number of rotatable bonds is 5. The highest BCUT2D eigenvalue weighted by atomic mass is 35.5. The number of hydrogen-bond acceptors (Lipinski definition) is 4. The number of ether oxygens (including phenoxy) is 1. The number of amides is 1. The van der Waals surface area contributed by atoms with Crippen molar-refractivity contribution in [3.63, 3.8) is 0 Å². The number of methoxy groups -OCH3 is 1. The Bertz CT molecular complexity index is 405. The van der Waals surface area contributed by atoms with Crippen LogP contribution in [-0.2, 0) is 16.0 Å². The number of nitrogens with zero attached hydrogens (tertiary/aromatic N) is 1. The van der Waals surface area contributed by atoms with Crippen molar-refractivity contribution in [3.8, 4) is 0 Å². The monoisotopic (exact) mass is 318 g/mol. The van der Waals surface area contributed by atoms with E-state index in [1.165, 1.54) is 4.88 Å². The van der Waals surface area contributed by atoms with Crippen LogP contribution in [-0.4, -0.2) is 50.2 Å². The highest BCUT2D eigenvalue weighted by Gasteiger charge is 2.41. The number of likely N-dealkylation sites (N-methyl/N-ethyl adjacent to an activating group) is 1. The maximum atomic E-state index is 12.6. The Balaban J connectivity index is 0.00000200. The summed E-state index contributed by atoms with van der Waals surface area (Å²) in [5.41, 5.74) is -0.616. The summed E-state index contributed by atoms with van der Waals surface area (Å²) in [5, 5.41) is 5.34. The number of thiophene rings is 1. The molecule has 4 nitrogen and oxygen atoms in total. The van der Waals surface area contributed by atoms with Gasteiger partial charge >= 0.3 is 0 Å². The molecule has 1 aromatic rings. The van der Waals surface area contributed by atoms with Gasteiger partial charge in [0.1, 0.15) is 5.60 Å². The van der Waals surface area contributed by atoms with E-state index >= 15 is 0 Å². The van der Waals surface area contributed by atoms with Crippen molar-refractivity contribution in [1.82, 2.24) is 10.2 Å². The largest absolute Gasteiger partial charge is 0.368 e. The fourth-order valence-electron chi connectivity index (χ4n) is 2.52. The van der Waals surface area contributed by atoms with E-state index in [-0.39, 0.29) is 18.3 Å². The molecular weight excluding hydrogens is 296 g/mol. The predicted octanol–water partition coefficient (Wildman–Crippen LogP) is 1.94. The van der Waals surface area contributed by atoms with Crippen LogP contribution in [0.4, 0.5) is 0 Å². The van der Waals surface area contributed by atoms with Crippen LogP contribution in [0, 0.1) is 0 Å². The maximum absolute atomic E-state index is 12.6. The molecule has 0 radical (unpaired) electrons. The minimum Gasteiger partial charge on any atom is -0.368 e. The number of nitrogens with one attached hydrogen (secondary N) is 1. The van der Waals surface area contributed by atoms with E-state index in [0.29, 0.717) is 0 Å². The summed E-state index contributed by atoms with van der Waals surface area (Å²) >= 11 is 1.74. The van der Waals surface area contributed by atoms with Crippen molar-refractivity contribution in [2.75, 3.05) is 33.8 Å². The van der Waals surface area contributed by atoms with Gasteiger partial charge in [0.15, 0.2) is 0 Å². The standard InChI is InChI=1S/C14H22N2O2S.ClH/c1-16(10-5-12-4-3-11-19-12)13(17)14(18-2)6-8-15-9-7-14;/h3-4,11,15H,5-10H2,1-2H3;1H. The smallest absolute Gasteiger partial charge is 0.254 e. The molecule has 20 heavy (non-hydrogen) atoms. The molecule has 0 bridgehead atoms. The zero-order valence-corrected chi connectivity index (χ0v) is 13.7. The van der Waals surface area contributed by atoms with E-state index in [1.54, 1.807) is 18.4 Å². The van der Waals surface area contributed by atoms with Crippen molar-refractivity contribution in [2.24, 2.45) is 0 Å². The molecule has 1 saturated heterocycles. The van der Waals surface area contributed by atoms with Crippen LogP contribution in [0.2, 0.25) is 0 Å². The van der Waals surface area contributed by atoms with Gasteiger partial charge in [0, 0.05) is 25.6 Å². The molecule has 0 unspecified atom stereocenters. The van der Waals surface area contributed by atoms with Crippen molar-refractivity contribution >= 4 is 29.7 Å². The highest BCUT2D eigenvalue weighted by molar-refractivity contribution is 7.09. The third-order valence-corrected chi connectivity index (χ3v) is 4.75. The summed E-state index contributed by atoms with van der Waals surface area (Å²) < 4.78 is 5.57. The van der Waals surface area contributed by atoms with Gasteiger partial charge in [0.25, 0.3) is 5.91 Å². The summed E-state index contributed by atoms with van der Waals surface area (Å²) in [6, 6.07) is 4.16. The van der Waals surface area contributed by atoms with Crippen LogP contribution in [0.15, 0.2) is 17.5 Å². The minimum absolute atomic E-state index is 0. The lowest BCUT2D eigenvalue weighted by Crippen LogP contribution is -2.54. The second kappa shape index (κ2) is 7.98. The molecule has 0 aromatic carbocycles. The van der Waals surface area contributed by atoms with Crippen molar-refractivity contribution in [1.29, 1.82) is 0 Å². The van der Waals surface area contributed by atoms with Crippen LogP contribution in [0.3, 0.4) is 0 Å². The molecular formula is C14H23ClN2O2S. The average molecular weight is 319 g/mol. The maximum Gasteiger partial charge on any atom is 0.254 e. The van der Waals surface area contributed by atoms with Gasteiger partial charge in [-0.1, -0.05) is 6.07 Å². The Labute approximate surface area is 130 Å². The summed E-state index contributed by atoms with van der Waals surface area (Å²) in [6.07, 6.45) is 2.43. The Morgan fingerprint density at radius 1 is 1.50 bits per heavy atom. The molecule has 1 fully saturated rings. The molecule has 0 aliphatic carbocycles. The third-order valence-electron chi connectivity index (χ3n) is 3.81. The Morgan fingerprint density at radius 3 is 2.75 bits per heavy atom. The van der Waals surface area contributed by atoms with Crippen LogP contribution in [0.1, 0.15) is 17.7 Å². The predicted molar refractivity (Wildman–Crippen MR) is 84.8 cm³/mol. The van der Waals surface area contributed by atoms with Crippen molar-refractivity contribution < 1.29 is 9.53 Å². The lowest BCUT2D eigenvalue weighted by molar-refractivity contribution is -0.156. The minimum atomic E-state index is -0.616. The first-order valence-corrected chi connectivity index (χ1v) is 7.60. The first-order chi connectivity index (χ1) is 9.18. The lowest BCUT2D eigenvalue weighted by atomic mass is 9.90. The zero-order valence-electron chi connectivity index (χ0n) is 12.1. The summed E-state index contributed by atoms with van der Waals surface area (Å²) in [4.78, 5) is 15.7. The molecule has 2 heterocycles.